The van der Waals surface area contributed by atoms with Crippen LogP contribution in [0, 0.1) is 5.82 Å². The molecule has 0 saturated heterocycles. The van der Waals surface area contributed by atoms with Crippen molar-refractivity contribution in [2.45, 2.75) is 12.5 Å². The van der Waals surface area contributed by atoms with Gasteiger partial charge in [0.2, 0.25) is 0 Å². The van der Waals surface area contributed by atoms with Crippen molar-refractivity contribution in [3.63, 3.8) is 0 Å². The lowest BCUT2D eigenvalue weighted by Gasteiger charge is -2.12. The van der Waals surface area contributed by atoms with E-state index in [0.29, 0.717) is 15.7 Å². The molecule has 0 aliphatic carbocycles. The molecule has 0 fully saturated rings. The Kier molecular flexibility index (Phi) is 4.48. The lowest BCUT2D eigenvalue weighted by atomic mass is 10.0. The highest BCUT2D eigenvalue weighted by Crippen LogP contribution is 2.25. The summed E-state index contributed by atoms with van der Waals surface area (Å²) in [5, 5.41) is 10.1. The first-order valence-electron chi connectivity index (χ1n) is 5.30. The van der Waals surface area contributed by atoms with Gasteiger partial charge in [-0.1, -0.05) is 22.0 Å². The summed E-state index contributed by atoms with van der Waals surface area (Å²) in [5.74, 6) is -0.338. The molecule has 0 saturated carbocycles. The first-order valence-corrected chi connectivity index (χ1v) is 6.89. The zero-order valence-corrected chi connectivity index (χ0v) is 12.4. The highest BCUT2D eigenvalue weighted by molar-refractivity contribution is 9.10. The molecule has 0 radical (unpaired) electrons. The molecule has 0 aliphatic rings. The van der Waals surface area contributed by atoms with Gasteiger partial charge in [0, 0.05) is 21.6 Å². The fourth-order valence-electron chi connectivity index (χ4n) is 1.64. The molecule has 1 aromatic carbocycles. The van der Waals surface area contributed by atoms with Gasteiger partial charge in [-0.25, -0.2) is 4.39 Å². The van der Waals surface area contributed by atoms with E-state index in [4.69, 9.17) is 0 Å². The number of aliphatic hydroxyl groups is 1. The summed E-state index contributed by atoms with van der Waals surface area (Å²) < 4.78 is 15.0. The van der Waals surface area contributed by atoms with E-state index in [1.165, 1.54) is 6.07 Å². The van der Waals surface area contributed by atoms with E-state index in [0.717, 1.165) is 4.47 Å². The van der Waals surface area contributed by atoms with Gasteiger partial charge in [0.05, 0.1) is 5.69 Å². The fraction of sp³-hybridized carbons (Fsp3) is 0.154. The van der Waals surface area contributed by atoms with E-state index in [1.807, 2.05) is 0 Å². The van der Waals surface area contributed by atoms with Gasteiger partial charge in [-0.3, -0.25) is 4.98 Å². The third-order valence-corrected chi connectivity index (χ3v) is 3.69. The standard InChI is InChI=1S/C13H10Br2FNO/c14-9-4-3-8(11(16)7-9)6-12(18)13-10(15)2-1-5-17-13/h1-5,7,12,18H,6H2. The molecule has 1 aromatic heterocycles. The molecular formula is C13H10Br2FNO. The molecule has 0 bridgehead atoms. The Labute approximate surface area is 121 Å². The summed E-state index contributed by atoms with van der Waals surface area (Å²) in [7, 11) is 0. The van der Waals surface area contributed by atoms with Gasteiger partial charge < -0.3 is 5.11 Å². The Balaban J connectivity index is 2.21. The molecule has 5 heteroatoms. The molecule has 1 unspecified atom stereocenters. The van der Waals surface area contributed by atoms with Gasteiger partial charge in [0.1, 0.15) is 11.9 Å². The van der Waals surface area contributed by atoms with Crippen LogP contribution in [-0.4, -0.2) is 10.1 Å². The third-order valence-electron chi connectivity index (χ3n) is 2.53. The number of aliphatic hydroxyl groups excluding tert-OH is 1. The maximum atomic E-state index is 13.7. The molecule has 2 nitrogen and oxygen atoms in total. The Hall–Kier alpha value is -0.780. The number of hydrogen-bond donors (Lipinski definition) is 1. The van der Waals surface area contributed by atoms with Crippen LogP contribution in [0.2, 0.25) is 0 Å². The smallest absolute Gasteiger partial charge is 0.127 e. The number of hydrogen-bond acceptors (Lipinski definition) is 2. The Morgan fingerprint density at radius 1 is 1.28 bits per heavy atom. The maximum Gasteiger partial charge on any atom is 0.127 e. The molecule has 2 rings (SSSR count). The Bertz CT molecular complexity index is 562. The Morgan fingerprint density at radius 2 is 2.06 bits per heavy atom. The summed E-state index contributed by atoms with van der Waals surface area (Å²) in [4.78, 5) is 4.09. The number of nitrogens with zero attached hydrogens (tertiary/aromatic N) is 1. The van der Waals surface area contributed by atoms with Crippen LogP contribution >= 0.6 is 31.9 Å². The van der Waals surface area contributed by atoms with Crippen LogP contribution in [0.3, 0.4) is 0 Å². The summed E-state index contributed by atoms with van der Waals surface area (Å²) in [6.07, 6.45) is 0.951. The fourth-order valence-corrected chi connectivity index (χ4v) is 2.49. The van der Waals surface area contributed by atoms with E-state index in [9.17, 15) is 9.50 Å². The average molecular weight is 375 g/mol. The molecule has 1 atom stereocenters. The summed E-state index contributed by atoms with van der Waals surface area (Å²) in [5.41, 5.74) is 0.975. The summed E-state index contributed by atoms with van der Waals surface area (Å²) in [6.45, 7) is 0. The van der Waals surface area contributed by atoms with Crippen LogP contribution in [0.1, 0.15) is 17.4 Å². The molecule has 18 heavy (non-hydrogen) atoms. The van der Waals surface area contributed by atoms with Gasteiger partial charge in [-0.2, -0.15) is 0 Å². The van der Waals surface area contributed by atoms with Crippen LogP contribution in [-0.2, 0) is 6.42 Å². The number of benzene rings is 1. The van der Waals surface area contributed by atoms with E-state index in [1.54, 1.807) is 30.5 Å². The molecule has 2 aromatic rings. The molecule has 0 amide bonds. The normalized spacial score (nSPS) is 12.4. The highest BCUT2D eigenvalue weighted by atomic mass is 79.9. The second-order valence-electron chi connectivity index (χ2n) is 3.83. The highest BCUT2D eigenvalue weighted by Gasteiger charge is 2.15. The molecule has 0 aliphatic heterocycles. The van der Waals surface area contributed by atoms with Gasteiger partial charge in [-0.15, -0.1) is 0 Å². The van der Waals surface area contributed by atoms with E-state index < -0.39 is 6.10 Å². The van der Waals surface area contributed by atoms with E-state index in [-0.39, 0.29) is 12.2 Å². The van der Waals surface area contributed by atoms with Crippen molar-refractivity contribution < 1.29 is 9.50 Å². The number of halogens is 3. The first-order chi connectivity index (χ1) is 8.58. The third kappa shape index (κ3) is 3.16. The second-order valence-corrected chi connectivity index (χ2v) is 5.60. The van der Waals surface area contributed by atoms with Crippen molar-refractivity contribution in [2.24, 2.45) is 0 Å². The predicted octanol–water partition coefficient (Wildman–Crippen LogP) is 4.02. The summed E-state index contributed by atoms with van der Waals surface area (Å²) in [6, 6.07) is 8.34. The van der Waals surface area contributed by atoms with Crippen LogP contribution in [0.25, 0.3) is 0 Å². The molecule has 0 spiro atoms. The second kappa shape index (κ2) is 5.91. The number of pyridine rings is 1. The van der Waals surface area contributed by atoms with Gasteiger partial charge >= 0.3 is 0 Å². The first kappa shape index (κ1) is 13.6. The lowest BCUT2D eigenvalue weighted by Crippen LogP contribution is -2.06. The number of aromatic nitrogens is 1. The lowest BCUT2D eigenvalue weighted by molar-refractivity contribution is 0.171. The predicted molar refractivity (Wildman–Crippen MR) is 74.7 cm³/mol. The minimum Gasteiger partial charge on any atom is -0.386 e. The Morgan fingerprint density at radius 3 is 2.72 bits per heavy atom. The zero-order chi connectivity index (χ0) is 13.1. The van der Waals surface area contributed by atoms with Crippen LogP contribution in [0.5, 0.6) is 0 Å². The largest absolute Gasteiger partial charge is 0.386 e. The molecule has 1 N–H and O–H groups in total. The van der Waals surface area contributed by atoms with Crippen molar-refractivity contribution in [1.82, 2.24) is 4.98 Å². The van der Waals surface area contributed by atoms with Crippen molar-refractivity contribution in [2.75, 3.05) is 0 Å². The van der Waals surface area contributed by atoms with Gasteiger partial charge in [-0.05, 0) is 45.8 Å². The average Bonchev–Trinajstić information content (AvgIpc) is 2.33. The SMILES string of the molecule is OC(Cc1ccc(Br)cc1F)c1ncccc1Br. The van der Waals surface area contributed by atoms with Crippen molar-refractivity contribution in [3.05, 3.63) is 62.5 Å². The maximum absolute atomic E-state index is 13.7. The van der Waals surface area contributed by atoms with Crippen LogP contribution in [0.15, 0.2) is 45.5 Å². The van der Waals surface area contributed by atoms with Gasteiger partial charge in [0.15, 0.2) is 0 Å². The van der Waals surface area contributed by atoms with Crippen LogP contribution in [0.4, 0.5) is 4.39 Å². The summed E-state index contributed by atoms with van der Waals surface area (Å²) >= 11 is 6.51. The van der Waals surface area contributed by atoms with Crippen molar-refractivity contribution >= 4 is 31.9 Å². The zero-order valence-electron chi connectivity index (χ0n) is 9.28. The molecule has 94 valence electrons. The van der Waals surface area contributed by atoms with Crippen molar-refractivity contribution in [3.8, 4) is 0 Å². The minimum atomic E-state index is -0.837. The topological polar surface area (TPSA) is 33.1 Å². The quantitative estimate of drug-likeness (QED) is 0.880. The van der Waals surface area contributed by atoms with E-state index in [2.05, 4.69) is 36.8 Å². The van der Waals surface area contributed by atoms with Crippen LogP contribution < -0.4 is 0 Å². The number of rotatable bonds is 3. The van der Waals surface area contributed by atoms with E-state index >= 15 is 0 Å². The minimum absolute atomic E-state index is 0.189. The molecular weight excluding hydrogens is 365 g/mol. The van der Waals surface area contributed by atoms with Gasteiger partial charge in [0.25, 0.3) is 0 Å². The molecule has 1 heterocycles. The van der Waals surface area contributed by atoms with Crippen molar-refractivity contribution in [1.29, 1.82) is 0 Å². The monoisotopic (exact) mass is 373 g/mol.